The third-order valence-corrected chi connectivity index (χ3v) is 3.98. The molecule has 2 aromatic carbocycles. The van der Waals surface area contributed by atoms with Gasteiger partial charge in [0.15, 0.2) is 11.6 Å². The van der Waals surface area contributed by atoms with E-state index in [1.807, 2.05) is 6.07 Å². The van der Waals surface area contributed by atoms with Gasteiger partial charge in [-0.2, -0.15) is 0 Å². The molecule has 0 saturated heterocycles. The van der Waals surface area contributed by atoms with Crippen molar-refractivity contribution in [2.75, 3.05) is 0 Å². The van der Waals surface area contributed by atoms with Crippen LogP contribution in [-0.2, 0) is 0 Å². The van der Waals surface area contributed by atoms with Crippen molar-refractivity contribution < 1.29 is 18.7 Å². The third-order valence-electron chi connectivity index (χ3n) is 3.98. The van der Waals surface area contributed by atoms with Crippen molar-refractivity contribution in [1.29, 1.82) is 0 Å². The number of halogens is 2. The molecule has 1 amide bonds. The Labute approximate surface area is 143 Å². The van der Waals surface area contributed by atoms with Crippen LogP contribution in [0.25, 0.3) is 10.9 Å². The van der Waals surface area contributed by atoms with Crippen molar-refractivity contribution in [2.24, 2.45) is 0 Å². The molecule has 128 valence electrons. The van der Waals surface area contributed by atoms with E-state index in [0.29, 0.717) is 5.56 Å². The SMILES string of the molecule is CC(NC(=O)c1ccc2ncccc2c1)C(O)c1ccc(F)c(F)c1. The maximum absolute atomic E-state index is 13.3. The first-order valence-corrected chi connectivity index (χ1v) is 7.74. The van der Waals surface area contributed by atoms with E-state index < -0.39 is 23.8 Å². The first-order chi connectivity index (χ1) is 12.0. The lowest BCUT2D eigenvalue weighted by Crippen LogP contribution is -2.37. The largest absolute Gasteiger partial charge is 0.386 e. The molecule has 1 aromatic heterocycles. The number of benzene rings is 2. The number of carbonyl (C=O) groups excluding carboxylic acids is 1. The molecule has 0 spiro atoms. The van der Waals surface area contributed by atoms with Crippen LogP contribution in [0.2, 0.25) is 0 Å². The fourth-order valence-corrected chi connectivity index (χ4v) is 2.57. The van der Waals surface area contributed by atoms with E-state index in [1.54, 1.807) is 37.4 Å². The van der Waals surface area contributed by atoms with Crippen LogP contribution in [0.4, 0.5) is 8.78 Å². The minimum atomic E-state index is -1.17. The minimum absolute atomic E-state index is 0.189. The summed E-state index contributed by atoms with van der Waals surface area (Å²) >= 11 is 0. The Morgan fingerprint density at radius 3 is 2.68 bits per heavy atom. The first kappa shape index (κ1) is 17.0. The molecule has 1 heterocycles. The molecule has 0 aliphatic heterocycles. The molecule has 0 aliphatic rings. The van der Waals surface area contributed by atoms with Gasteiger partial charge in [-0.3, -0.25) is 9.78 Å². The highest BCUT2D eigenvalue weighted by Gasteiger charge is 2.20. The fraction of sp³-hybridized carbons (Fsp3) is 0.158. The zero-order chi connectivity index (χ0) is 18.0. The number of rotatable bonds is 4. The van der Waals surface area contributed by atoms with Crippen molar-refractivity contribution in [3.8, 4) is 0 Å². The molecule has 0 saturated carbocycles. The smallest absolute Gasteiger partial charge is 0.251 e. The van der Waals surface area contributed by atoms with Crippen LogP contribution in [0.15, 0.2) is 54.7 Å². The summed E-state index contributed by atoms with van der Waals surface area (Å²) in [6.45, 7) is 1.59. The molecule has 6 heteroatoms. The predicted octanol–water partition coefficient (Wildman–Crippen LogP) is 3.36. The Kier molecular flexibility index (Phi) is 4.72. The lowest BCUT2D eigenvalue weighted by atomic mass is 10.0. The summed E-state index contributed by atoms with van der Waals surface area (Å²) < 4.78 is 26.3. The Hall–Kier alpha value is -2.86. The number of carbonyl (C=O) groups is 1. The fourth-order valence-electron chi connectivity index (χ4n) is 2.57. The maximum atomic E-state index is 13.3. The molecule has 4 nitrogen and oxygen atoms in total. The van der Waals surface area contributed by atoms with E-state index in [0.717, 1.165) is 23.0 Å². The number of nitrogens with one attached hydrogen (secondary N) is 1. The lowest BCUT2D eigenvalue weighted by molar-refractivity contribution is 0.0851. The molecular weight excluding hydrogens is 326 g/mol. The minimum Gasteiger partial charge on any atom is -0.386 e. The Morgan fingerprint density at radius 2 is 1.92 bits per heavy atom. The topological polar surface area (TPSA) is 62.2 Å². The summed E-state index contributed by atoms with van der Waals surface area (Å²) in [6.07, 6.45) is 0.503. The van der Waals surface area contributed by atoms with Gasteiger partial charge in [-0.15, -0.1) is 0 Å². The van der Waals surface area contributed by atoms with Crippen LogP contribution in [0.1, 0.15) is 28.9 Å². The van der Waals surface area contributed by atoms with Crippen LogP contribution in [0.5, 0.6) is 0 Å². The number of amides is 1. The second kappa shape index (κ2) is 6.94. The summed E-state index contributed by atoms with van der Waals surface area (Å²) in [7, 11) is 0. The summed E-state index contributed by atoms with van der Waals surface area (Å²) in [4.78, 5) is 16.6. The molecule has 0 fully saturated rings. The van der Waals surface area contributed by atoms with Gasteiger partial charge < -0.3 is 10.4 Å². The van der Waals surface area contributed by atoms with Gasteiger partial charge >= 0.3 is 0 Å². The average molecular weight is 342 g/mol. The molecule has 0 bridgehead atoms. The van der Waals surface area contributed by atoms with E-state index in [9.17, 15) is 18.7 Å². The quantitative estimate of drug-likeness (QED) is 0.764. The van der Waals surface area contributed by atoms with Gasteiger partial charge in [0.1, 0.15) is 0 Å². The zero-order valence-corrected chi connectivity index (χ0v) is 13.4. The normalized spacial score (nSPS) is 13.4. The van der Waals surface area contributed by atoms with Crippen molar-refractivity contribution in [2.45, 2.75) is 19.1 Å². The van der Waals surface area contributed by atoms with Crippen molar-refractivity contribution >= 4 is 16.8 Å². The second-order valence-electron chi connectivity index (χ2n) is 5.79. The monoisotopic (exact) mass is 342 g/mol. The highest BCUT2D eigenvalue weighted by Crippen LogP contribution is 2.20. The van der Waals surface area contributed by atoms with Crippen molar-refractivity contribution in [3.05, 3.63) is 77.5 Å². The molecule has 2 atom stereocenters. The second-order valence-corrected chi connectivity index (χ2v) is 5.79. The Bertz CT molecular complexity index is 930. The number of aliphatic hydroxyl groups is 1. The summed E-state index contributed by atoms with van der Waals surface area (Å²) in [6, 6.07) is 11.2. The van der Waals surface area contributed by atoms with E-state index in [2.05, 4.69) is 10.3 Å². The molecule has 0 aliphatic carbocycles. The average Bonchev–Trinajstić information content (AvgIpc) is 2.62. The van der Waals surface area contributed by atoms with Gasteiger partial charge in [0, 0.05) is 17.1 Å². The van der Waals surface area contributed by atoms with Crippen LogP contribution in [0.3, 0.4) is 0 Å². The number of hydrogen-bond donors (Lipinski definition) is 2. The highest BCUT2D eigenvalue weighted by molar-refractivity contribution is 5.98. The van der Waals surface area contributed by atoms with Crippen molar-refractivity contribution in [1.82, 2.24) is 10.3 Å². The van der Waals surface area contributed by atoms with Crippen LogP contribution in [-0.4, -0.2) is 22.0 Å². The zero-order valence-electron chi connectivity index (χ0n) is 13.4. The lowest BCUT2D eigenvalue weighted by Gasteiger charge is -2.21. The van der Waals surface area contributed by atoms with E-state index in [1.165, 1.54) is 6.07 Å². The molecule has 0 radical (unpaired) electrons. The van der Waals surface area contributed by atoms with Crippen molar-refractivity contribution in [3.63, 3.8) is 0 Å². The summed E-state index contributed by atoms with van der Waals surface area (Å²) in [5, 5.41) is 13.7. The number of pyridine rings is 1. The van der Waals surface area contributed by atoms with Gasteiger partial charge in [0.05, 0.1) is 17.7 Å². The number of fused-ring (bicyclic) bond motifs is 1. The van der Waals surface area contributed by atoms with E-state index in [4.69, 9.17) is 0 Å². The van der Waals surface area contributed by atoms with Crippen LogP contribution < -0.4 is 5.32 Å². The first-order valence-electron chi connectivity index (χ1n) is 7.74. The van der Waals surface area contributed by atoms with Crippen LogP contribution >= 0.6 is 0 Å². The van der Waals surface area contributed by atoms with Gasteiger partial charge in [0.25, 0.3) is 5.91 Å². The predicted molar refractivity (Wildman–Crippen MR) is 90.0 cm³/mol. The van der Waals surface area contributed by atoms with Gasteiger partial charge in [0.2, 0.25) is 0 Å². The van der Waals surface area contributed by atoms with E-state index in [-0.39, 0.29) is 11.5 Å². The Balaban J connectivity index is 1.75. The number of aliphatic hydroxyl groups excluding tert-OH is 1. The summed E-state index contributed by atoms with van der Waals surface area (Å²) in [5.74, 6) is -2.41. The molecule has 3 rings (SSSR count). The van der Waals surface area contributed by atoms with E-state index >= 15 is 0 Å². The molecular formula is C19H16F2N2O2. The third kappa shape index (κ3) is 3.64. The molecule has 2 unspecified atom stereocenters. The summed E-state index contributed by atoms with van der Waals surface area (Å²) in [5.41, 5.74) is 1.38. The molecule has 3 aromatic rings. The van der Waals surface area contributed by atoms with Crippen LogP contribution in [0, 0.1) is 11.6 Å². The standard InChI is InChI=1S/C19H16F2N2O2/c1-11(18(24)13-4-6-15(20)16(21)10-13)23-19(25)14-5-7-17-12(9-14)3-2-8-22-17/h2-11,18,24H,1H3,(H,23,25). The van der Waals surface area contributed by atoms with Gasteiger partial charge in [-0.25, -0.2) is 8.78 Å². The number of nitrogens with zero attached hydrogens (tertiary/aromatic N) is 1. The molecule has 2 N–H and O–H groups in total. The Morgan fingerprint density at radius 1 is 1.12 bits per heavy atom. The number of aromatic nitrogens is 1. The number of hydrogen-bond acceptors (Lipinski definition) is 3. The molecule has 25 heavy (non-hydrogen) atoms. The highest BCUT2D eigenvalue weighted by atomic mass is 19.2. The maximum Gasteiger partial charge on any atom is 0.251 e. The van der Waals surface area contributed by atoms with Gasteiger partial charge in [-0.05, 0) is 48.9 Å². The van der Waals surface area contributed by atoms with Gasteiger partial charge in [-0.1, -0.05) is 12.1 Å².